The topological polar surface area (TPSA) is 0 Å². The van der Waals surface area contributed by atoms with E-state index in [4.69, 9.17) is 0 Å². The first kappa shape index (κ1) is 15.6. The minimum absolute atomic E-state index is 0. The number of hydrogen-bond acceptors (Lipinski definition) is 0. The molecule has 3 aromatic carbocycles. The predicted molar refractivity (Wildman–Crippen MR) is 91.5 cm³/mol. The Bertz CT molecular complexity index is 946. The molecule has 0 aromatic heterocycles. The molecule has 4 rings (SSSR count). The molecule has 0 saturated heterocycles. The van der Waals surface area contributed by atoms with Crippen molar-refractivity contribution >= 4 is 14.0 Å². The van der Waals surface area contributed by atoms with Crippen molar-refractivity contribution < 1.29 is 26.2 Å². The van der Waals surface area contributed by atoms with Gasteiger partial charge in [0.15, 0.2) is 0 Å². The van der Waals surface area contributed by atoms with Crippen molar-refractivity contribution in [3.63, 3.8) is 0 Å². The van der Waals surface area contributed by atoms with Gasteiger partial charge < -0.3 is 0 Å². The molecule has 0 aliphatic heterocycles. The minimum Gasteiger partial charge on any atom is -0.152 e. The van der Waals surface area contributed by atoms with E-state index < -0.39 is 8.41 Å². The van der Waals surface area contributed by atoms with E-state index in [0.717, 1.165) is 0 Å². The maximum absolute atomic E-state index is 2.38. The van der Waals surface area contributed by atoms with Gasteiger partial charge in [-0.25, -0.2) is 0 Å². The minimum atomic E-state index is -0.497. The zero-order valence-corrected chi connectivity index (χ0v) is 16.3. The van der Waals surface area contributed by atoms with Crippen molar-refractivity contribution in [2.75, 3.05) is 0 Å². The van der Waals surface area contributed by atoms with Crippen LogP contribution in [-0.2, 0) is 26.2 Å². The Morgan fingerprint density at radius 3 is 2.05 bits per heavy atom. The molecule has 0 atom stereocenters. The van der Waals surface area contributed by atoms with Crippen molar-refractivity contribution in [2.45, 2.75) is 13.1 Å². The van der Waals surface area contributed by atoms with Gasteiger partial charge in [0.05, 0.1) is 0 Å². The summed E-state index contributed by atoms with van der Waals surface area (Å²) in [5.41, 5.74) is 6.94. The standard InChI is InChI=1S/C20H17Si.Zr/c1-21(2)18-13-7-12-17-15-10-5-6-11-16(15)19(20(17)18)14-8-3-4-9-14;/h3-13H,1-2H3;/q-1;. The molecule has 1 aliphatic rings. The predicted octanol–water partition coefficient (Wildman–Crippen LogP) is 4.22. The van der Waals surface area contributed by atoms with Crippen LogP contribution in [0.5, 0.6) is 0 Å². The summed E-state index contributed by atoms with van der Waals surface area (Å²) in [5.74, 6) is 0. The quantitative estimate of drug-likeness (QED) is 0.345. The molecule has 1 aliphatic carbocycles. The van der Waals surface area contributed by atoms with Gasteiger partial charge in [-0.3, -0.25) is 0 Å². The third-order valence-corrected chi connectivity index (χ3v) is 5.79. The second-order valence-corrected chi connectivity index (χ2v) is 8.36. The molecule has 0 bridgehead atoms. The van der Waals surface area contributed by atoms with Gasteiger partial charge in [0.25, 0.3) is 0 Å². The van der Waals surface area contributed by atoms with Crippen LogP contribution in [0.1, 0.15) is 11.1 Å². The number of benzene rings is 2. The summed E-state index contributed by atoms with van der Waals surface area (Å²) in [6.07, 6.45) is 0. The van der Waals surface area contributed by atoms with E-state index in [9.17, 15) is 0 Å². The second-order valence-electron chi connectivity index (χ2n) is 5.82. The number of rotatable bonds is 1. The molecule has 2 heteroatoms. The smallest absolute Gasteiger partial charge is 0.00384 e. The molecule has 106 valence electrons. The molecule has 0 radical (unpaired) electrons. The SMILES string of the molecule is C[Si](C)=c1cccc2c1=C([c-]1cccc1)c1ccccc1-2.[Zr]. The van der Waals surface area contributed by atoms with Crippen molar-refractivity contribution in [1.29, 1.82) is 0 Å². The summed E-state index contributed by atoms with van der Waals surface area (Å²) >= 11 is 0. The van der Waals surface area contributed by atoms with Gasteiger partial charge in [-0.05, 0) is 0 Å². The first-order valence-corrected chi connectivity index (χ1v) is 9.90. The van der Waals surface area contributed by atoms with E-state index in [1.165, 1.54) is 33.0 Å². The van der Waals surface area contributed by atoms with Gasteiger partial charge >= 0.3 is 0 Å². The summed E-state index contributed by atoms with van der Waals surface area (Å²) in [6.45, 7) is 4.76. The zero-order chi connectivity index (χ0) is 14.4. The molecule has 22 heavy (non-hydrogen) atoms. The maximum atomic E-state index is 2.38. The molecule has 0 fully saturated rings. The van der Waals surface area contributed by atoms with E-state index in [1.807, 2.05) is 0 Å². The van der Waals surface area contributed by atoms with Crippen LogP contribution in [0.15, 0.2) is 66.7 Å². The largest absolute Gasteiger partial charge is 0.152 e. The Kier molecular flexibility index (Phi) is 4.34. The van der Waals surface area contributed by atoms with Crippen LogP contribution in [-0.4, -0.2) is 8.41 Å². The van der Waals surface area contributed by atoms with Crippen LogP contribution < -0.4 is 5.22 Å². The van der Waals surface area contributed by atoms with Gasteiger partial charge in [-0.15, -0.1) is 17.7 Å². The molecule has 0 N–H and O–H groups in total. The average Bonchev–Trinajstić information content (AvgIpc) is 3.11. The number of fused-ring (bicyclic) bond motifs is 3. The van der Waals surface area contributed by atoms with Crippen molar-refractivity contribution in [3.05, 3.63) is 87.9 Å². The van der Waals surface area contributed by atoms with Gasteiger partial charge in [-0.2, -0.15) is 12.1 Å². The zero-order valence-electron chi connectivity index (χ0n) is 12.9. The molecular weight excluding hydrogens is 360 g/mol. The van der Waals surface area contributed by atoms with Gasteiger partial charge in [0.1, 0.15) is 0 Å². The Morgan fingerprint density at radius 1 is 0.727 bits per heavy atom. The third-order valence-electron chi connectivity index (χ3n) is 4.29. The van der Waals surface area contributed by atoms with Crippen LogP contribution in [0.2, 0.25) is 13.1 Å². The van der Waals surface area contributed by atoms with E-state index in [1.54, 1.807) is 4.81 Å². The van der Waals surface area contributed by atoms with Crippen molar-refractivity contribution in [1.82, 2.24) is 0 Å². The first-order chi connectivity index (χ1) is 10.3. The van der Waals surface area contributed by atoms with Crippen LogP contribution in [0, 0.1) is 4.81 Å². The first-order valence-electron chi connectivity index (χ1n) is 7.40. The fourth-order valence-corrected chi connectivity index (χ4v) is 4.56. The number of hydrogen-bond donors (Lipinski definition) is 0. The summed E-state index contributed by atoms with van der Waals surface area (Å²) in [4.78, 5) is 1.55. The molecule has 0 spiro atoms. The normalized spacial score (nSPS) is 11.6. The van der Waals surface area contributed by atoms with Crippen LogP contribution in [0.4, 0.5) is 0 Å². The molecule has 0 unspecified atom stereocenters. The van der Waals surface area contributed by atoms with E-state index >= 15 is 0 Å². The van der Waals surface area contributed by atoms with Crippen LogP contribution in [0.25, 0.3) is 16.7 Å². The summed E-state index contributed by atoms with van der Waals surface area (Å²) in [7, 11) is -0.497. The Hall–Kier alpha value is -1.24. The second kappa shape index (κ2) is 6.10. The average molecular weight is 377 g/mol. The summed E-state index contributed by atoms with van der Waals surface area (Å²) < 4.78 is 0. The Morgan fingerprint density at radius 2 is 1.36 bits per heavy atom. The van der Waals surface area contributed by atoms with Gasteiger partial charge in [0.2, 0.25) is 0 Å². The van der Waals surface area contributed by atoms with Gasteiger partial charge in [-0.1, -0.05) is 87.8 Å². The molecule has 0 amide bonds. The van der Waals surface area contributed by atoms with E-state index in [2.05, 4.69) is 79.8 Å². The van der Waals surface area contributed by atoms with Gasteiger partial charge in [0, 0.05) is 34.6 Å². The van der Waals surface area contributed by atoms with Crippen molar-refractivity contribution in [2.24, 2.45) is 0 Å². The van der Waals surface area contributed by atoms with E-state index in [-0.39, 0.29) is 26.2 Å². The summed E-state index contributed by atoms with van der Waals surface area (Å²) in [6, 6.07) is 24.4. The summed E-state index contributed by atoms with van der Waals surface area (Å²) in [5, 5.41) is 1.48. The molecule has 0 nitrogen and oxygen atoms in total. The Labute approximate surface area is 151 Å². The van der Waals surface area contributed by atoms with Crippen molar-refractivity contribution in [3.8, 4) is 11.1 Å². The fourth-order valence-electron chi connectivity index (χ4n) is 3.37. The monoisotopic (exact) mass is 375 g/mol. The Balaban J connectivity index is 0.00000144. The van der Waals surface area contributed by atoms with E-state index in [0.29, 0.717) is 0 Å². The molecular formula is C20H17SiZr-. The maximum Gasteiger partial charge on any atom is 0.00384 e. The van der Waals surface area contributed by atoms with Crippen LogP contribution in [0.3, 0.4) is 0 Å². The van der Waals surface area contributed by atoms with Crippen LogP contribution >= 0.6 is 0 Å². The molecule has 3 aromatic rings. The molecule has 0 saturated carbocycles. The third kappa shape index (κ3) is 2.30. The molecule has 0 heterocycles. The fraction of sp³-hybridized carbons (Fsp3) is 0.100.